The Balaban J connectivity index is 1.54. The molecule has 2 aromatic heterocycles. The Hall–Kier alpha value is -6.72. The Morgan fingerprint density at radius 2 is 1.30 bits per heavy atom. The minimum absolute atomic E-state index is 0.0877. The summed E-state index contributed by atoms with van der Waals surface area (Å²) in [6.45, 7) is 10.5. The first kappa shape index (κ1) is 52.1. The summed E-state index contributed by atoms with van der Waals surface area (Å²) in [6.07, 6.45) is -2.83. The number of sulfone groups is 1. The van der Waals surface area contributed by atoms with Gasteiger partial charge in [-0.15, -0.1) is 10.2 Å². The van der Waals surface area contributed by atoms with Gasteiger partial charge in [-0.1, -0.05) is 85.6 Å². The number of ether oxygens (including phenoxy) is 4. The highest BCUT2D eigenvalue weighted by atomic mass is 32.2. The van der Waals surface area contributed by atoms with Crippen molar-refractivity contribution in [1.29, 1.82) is 0 Å². The summed E-state index contributed by atoms with van der Waals surface area (Å²) < 4.78 is 85.6. The maximum absolute atomic E-state index is 16.2. The molecular formula is C49H55N7O11S3Si. The summed E-state index contributed by atoms with van der Waals surface area (Å²) in [5, 5.41) is 23.6. The van der Waals surface area contributed by atoms with E-state index in [1.54, 1.807) is 107 Å². The van der Waals surface area contributed by atoms with Gasteiger partial charge in [0.15, 0.2) is 9.84 Å². The number of thiazole rings is 1. The molecule has 374 valence electrons. The highest BCUT2D eigenvalue weighted by molar-refractivity contribution is 7.93. The van der Waals surface area contributed by atoms with Crippen LogP contribution in [-0.2, 0) is 44.2 Å². The zero-order valence-electron chi connectivity index (χ0n) is 40.7. The number of aromatic nitrogens is 5. The number of anilines is 1. The Labute approximate surface area is 417 Å². The number of methoxy groups -OCH3 is 3. The Kier molecular flexibility index (Phi) is 15.4. The van der Waals surface area contributed by atoms with Crippen LogP contribution >= 0.6 is 11.3 Å². The molecule has 18 nitrogen and oxygen atoms in total. The van der Waals surface area contributed by atoms with Crippen molar-refractivity contribution in [3.8, 4) is 39.8 Å². The van der Waals surface area contributed by atoms with Crippen LogP contribution in [0, 0.1) is 0 Å². The third-order valence-corrected chi connectivity index (χ3v) is 17.9. The molecule has 2 heterocycles. The largest absolute Gasteiger partial charge is 0.497 e. The summed E-state index contributed by atoms with van der Waals surface area (Å²) in [5.74, 6) is 1.14. The molecule has 7 rings (SSSR count). The molecular weight excluding hydrogens is 987 g/mol. The van der Waals surface area contributed by atoms with Crippen molar-refractivity contribution in [2.45, 2.75) is 81.5 Å². The fourth-order valence-corrected chi connectivity index (χ4v) is 15.1. The van der Waals surface area contributed by atoms with Crippen LogP contribution < -0.4 is 19.1 Å². The van der Waals surface area contributed by atoms with Gasteiger partial charge in [0.2, 0.25) is 21.0 Å². The van der Waals surface area contributed by atoms with Crippen LogP contribution in [-0.4, -0.2) is 104 Å². The van der Waals surface area contributed by atoms with Crippen molar-refractivity contribution in [3.63, 3.8) is 0 Å². The summed E-state index contributed by atoms with van der Waals surface area (Å²) in [5.41, 5.74) is 1.20. The summed E-state index contributed by atoms with van der Waals surface area (Å²) in [6, 6.07) is 28.9. The monoisotopic (exact) mass is 1040 g/mol. The average Bonchev–Trinajstić information content (AvgIpc) is 3.97. The number of nitrogens with zero attached hydrogens (tertiary/aromatic N) is 7. The number of hydrogen-bond donors (Lipinski definition) is 1. The summed E-state index contributed by atoms with van der Waals surface area (Å²) >= 11 is 0.885. The van der Waals surface area contributed by atoms with Crippen LogP contribution in [0.3, 0.4) is 0 Å². The Morgan fingerprint density at radius 1 is 0.746 bits per heavy atom. The second-order valence-corrected chi connectivity index (χ2v) is 29.2. The quantitative estimate of drug-likeness (QED) is 0.0790. The number of sulfonamides is 1. The molecule has 71 heavy (non-hydrogen) atoms. The third kappa shape index (κ3) is 12.2. The SMILES string of the molecule is COc1ccc(CN(Cc2ccc(OC)cc2)S(=O)(=O)c2c(S(=O)(=O)CC[Si](C)(C)C)ccc(-c3cccc4sc(N(C(=O)O)C(=O)OC(C)(C)C)nc34)c2-c2nnn(Cc3ccc(OC)cc3)n2)cc1. The van der Waals surface area contributed by atoms with Gasteiger partial charge < -0.3 is 24.1 Å². The van der Waals surface area contributed by atoms with Gasteiger partial charge in [-0.05, 0) is 103 Å². The normalized spacial score (nSPS) is 12.3. The van der Waals surface area contributed by atoms with Crippen molar-refractivity contribution in [2.24, 2.45) is 0 Å². The molecule has 0 saturated heterocycles. The van der Waals surface area contributed by atoms with Crippen molar-refractivity contribution in [1.82, 2.24) is 29.5 Å². The first-order valence-corrected chi connectivity index (χ1v) is 29.8. The van der Waals surface area contributed by atoms with E-state index >= 15 is 8.42 Å². The van der Waals surface area contributed by atoms with E-state index in [1.807, 2.05) is 31.8 Å². The highest BCUT2D eigenvalue weighted by Crippen LogP contribution is 2.45. The molecule has 22 heteroatoms. The van der Waals surface area contributed by atoms with Gasteiger partial charge in [0.1, 0.15) is 27.7 Å². The maximum atomic E-state index is 16.2. The number of rotatable bonds is 18. The minimum Gasteiger partial charge on any atom is -0.497 e. The molecule has 7 aromatic rings. The van der Waals surface area contributed by atoms with E-state index in [9.17, 15) is 23.1 Å². The third-order valence-electron chi connectivity index (χ3n) is 11.0. The first-order chi connectivity index (χ1) is 33.5. The van der Waals surface area contributed by atoms with Gasteiger partial charge in [0.25, 0.3) is 0 Å². The molecule has 0 fully saturated rings. The molecule has 0 saturated carbocycles. The second-order valence-electron chi connectivity index (χ2n) is 18.7. The lowest BCUT2D eigenvalue weighted by Gasteiger charge is -2.26. The highest BCUT2D eigenvalue weighted by Gasteiger charge is 2.39. The molecule has 0 unspecified atom stereocenters. The van der Waals surface area contributed by atoms with Crippen molar-refractivity contribution in [3.05, 3.63) is 120 Å². The smallest absolute Gasteiger partial charge is 0.426 e. The van der Waals surface area contributed by atoms with E-state index in [1.165, 1.54) is 35.5 Å². The number of hydrogen-bond acceptors (Lipinski definition) is 15. The molecule has 0 spiro atoms. The fourth-order valence-electron chi connectivity index (χ4n) is 7.39. The lowest BCUT2D eigenvalue weighted by molar-refractivity contribution is 0.0582. The van der Waals surface area contributed by atoms with Gasteiger partial charge >= 0.3 is 12.2 Å². The van der Waals surface area contributed by atoms with E-state index in [0.717, 1.165) is 16.9 Å². The van der Waals surface area contributed by atoms with Gasteiger partial charge in [0.05, 0.1) is 54.3 Å². The van der Waals surface area contributed by atoms with Crippen LogP contribution in [0.15, 0.2) is 113 Å². The molecule has 0 bridgehead atoms. The van der Waals surface area contributed by atoms with Gasteiger partial charge in [0, 0.05) is 26.7 Å². The number of para-hydroxylation sites is 1. The molecule has 0 aliphatic rings. The zero-order valence-corrected chi connectivity index (χ0v) is 44.2. The van der Waals surface area contributed by atoms with E-state index in [-0.39, 0.29) is 58.6 Å². The molecule has 0 atom stereocenters. The van der Waals surface area contributed by atoms with Crippen LogP contribution in [0.4, 0.5) is 14.7 Å². The van der Waals surface area contributed by atoms with Gasteiger partial charge in [-0.3, -0.25) is 0 Å². The number of carbonyl (C=O) groups is 2. The van der Waals surface area contributed by atoms with Gasteiger partial charge in [-0.25, -0.2) is 31.4 Å². The van der Waals surface area contributed by atoms with E-state index in [4.69, 9.17) is 24.0 Å². The van der Waals surface area contributed by atoms with E-state index in [2.05, 4.69) is 15.3 Å². The number of benzene rings is 5. The van der Waals surface area contributed by atoms with Crippen LogP contribution in [0.1, 0.15) is 37.5 Å². The molecule has 0 aliphatic heterocycles. The van der Waals surface area contributed by atoms with Crippen LogP contribution in [0.2, 0.25) is 25.7 Å². The standard InChI is InChI=1S/C49H55N7O11S3Si/c1-49(2,3)67-48(59)56(47(57)58)46-50-43-39(11-10-12-40(43)68-46)38-25-26-41(69(60,61)27-28-71(7,8)9)44(42(38)45-51-53-55(52-45)31-34-17-23-37(66-6)24-18-34)70(62,63)54(29-32-13-19-35(64-4)20-14-32)30-33-15-21-36(65-5)22-16-33/h10-26H,27-31H2,1-9H3,(H,57,58). The molecule has 2 amide bonds. The average molecular weight is 1040 g/mol. The van der Waals surface area contributed by atoms with E-state index < -0.39 is 55.5 Å². The van der Waals surface area contributed by atoms with Crippen molar-refractivity contribution >= 4 is 66.8 Å². The number of amides is 2. The Bertz CT molecular complexity index is 3230. The topological polar surface area (TPSA) is 223 Å². The first-order valence-electron chi connectivity index (χ1n) is 22.2. The van der Waals surface area contributed by atoms with Crippen molar-refractivity contribution < 1.29 is 50.5 Å². The number of carbonyl (C=O) groups excluding carboxylic acids is 1. The maximum Gasteiger partial charge on any atom is 0.426 e. The summed E-state index contributed by atoms with van der Waals surface area (Å²) in [7, 11) is -6.81. The fraction of sp³-hybridized carbons (Fsp3) is 0.306. The molecule has 5 aromatic carbocycles. The number of tetrazole rings is 1. The lowest BCUT2D eigenvalue weighted by atomic mass is 9.98. The molecule has 0 aliphatic carbocycles. The summed E-state index contributed by atoms with van der Waals surface area (Å²) in [4.78, 5) is 31.3. The van der Waals surface area contributed by atoms with Crippen LogP contribution in [0.5, 0.6) is 17.2 Å². The van der Waals surface area contributed by atoms with Gasteiger partial charge in [-0.2, -0.15) is 14.0 Å². The van der Waals surface area contributed by atoms with Crippen molar-refractivity contribution in [2.75, 3.05) is 32.0 Å². The molecule has 1 N–H and O–H groups in total. The Morgan fingerprint density at radius 3 is 1.80 bits per heavy atom. The molecule has 0 radical (unpaired) electrons. The number of imide groups is 1. The second kappa shape index (κ2) is 20.9. The zero-order chi connectivity index (χ0) is 51.5. The minimum atomic E-state index is -4.96. The number of carboxylic acid groups (broad SMARTS) is 1. The van der Waals surface area contributed by atoms with Crippen LogP contribution in [0.25, 0.3) is 32.7 Å². The predicted octanol–water partition coefficient (Wildman–Crippen LogP) is 9.61. The lowest BCUT2D eigenvalue weighted by Crippen LogP contribution is -2.40. The predicted molar refractivity (Wildman–Crippen MR) is 273 cm³/mol. The van der Waals surface area contributed by atoms with E-state index in [0.29, 0.717) is 44.0 Å². The number of fused-ring (bicyclic) bond motifs is 1.